The Morgan fingerprint density at radius 1 is 1.21 bits per heavy atom. The second-order valence-electron chi connectivity index (χ2n) is 6.99. The maximum atomic E-state index is 12.7. The van der Waals surface area contributed by atoms with Gasteiger partial charge in [-0.1, -0.05) is 45.7 Å². The number of hydrogen-bond donors (Lipinski definition) is 3. The van der Waals surface area contributed by atoms with Crippen molar-refractivity contribution >= 4 is 34.5 Å². The van der Waals surface area contributed by atoms with E-state index < -0.39 is 11.2 Å². The largest absolute Gasteiger partial charge is 0.383 e. The summed E-state index contributed by atoms with van der Waals surface area (Å²) >= 11 is 5.63. The number of nitrogens with zero attached hydrogens (tertiary/aromatic N) is 2. The van der Waals surface area contributed by atoms with Crippen molar-refractivity contribution in [2.45, 2.75) is 59.4 Å². The molecular formula is C21H31N5O2S. The number of thiocarbonyl (C=S) groups is 1. The topological polar surface area (TPSA) is 96.2 Å². The first-order chi connectivity index (χ1) is 13.9. The van der Waals surface area contributed by atoms with Crippen molar-refractivity contribution in [1.29, 1.82) is 0 Å². The van der Waals surface area contributed by atoms with Crippen LogP contribution in [0.1, 0.15) is 52.0 Å². The second-order valence-corrected chi connectivity index (χ2v) is 7.37. The van der Waals surface area contributed by atoms with Crippen LogP contribution in [-0.2, 0) is 13.0 Å². The average Bonchev–Trinajstić information content (AvgIpc) is 2.70. The van der Waals surface area contributed by atoms with E-state index in [2.05, 4.69) is 30.2 Å². The Morgan fingerprint density at radius 3 is 2.59 bits per heavy atom. The number of rotatable bonds is 9. The van der Waals surface area contributed by atoms with Gasteiger partial charge in [0.1, 0.15) is 5.82 Å². The summed E-state index contributed by atoms with van der Waals surface area (Å²) in [5, 5.41) is 3.60. The number of hydrogen-bond acceptors (Lipinski definition) is 4. The molecule has 29 heavy (non-hydrogen) atoms. The molecule has 1 aromatic carbocycles. The molecule has 4 N–H and O–H groups in total. The molecule has 1 aromatic heterocycles. The van der Waals surface area contributed by atoms with E-state index in [1.54, 1.807) is 4.90 Å². The first-order valence-corrected chi connectivity index (χ1v) is 10.6. The standard InChI is InChI=1S/C21H31N5O2S/c1-4-7-12-25(21(29)23-16-11-9-10-15(6-3)14-16)17-18(22)26(13-8-5-2)20(28)24-19(17)27/h9-11,14H,4-8,12-13,22H2,1-3H3,(H,23,29)(H,24,27,28). The van der Waals surface area contributed by atoms with E-state index in [1.807, 2.05) is 25.1 Å². The highest BCUT2D eigenvalue weighted by Crippen LogP contribution is 2.20. The molecule has 0 fully saturated rings. The first-order valence-electron chi connectivity index (χ1n) is 10.2. The van der Waals surface area contributed by atoms with Crippen LogP contribution in [0.2, 0.25) is 0 Å². The fraction of sp³-hybridized carbons (Fsp3) is 0.476. The summed E-state index contributed by atoms with van der Waals surface area (Å²) < 4.78 is 1.42. The Kier molecular flexibility index (Phi) is 8.45. The average molecular weight is 418 g/mol. The molecule has 8 heteroatoms. The molecule has 0 saturated heterocycles. The minimum Gasteiger partial charge on any atom is -0.383 e. The predicted octanol–water partition coefficient (Wildman–Crippen LogP) is 3.48. The predicted molar refractivity (Wildman–Crippen MR) is 125 cm³/mol. The number of nitrogens with two attached hydrogens (primary N) is 1. The van der Waals surface area contributed by atoms with Gasteiger partial charge in [0.2, 0.25) is 0 Å². The third-order valence-electron chi connectivity index (χ3n) is 4.79. The number of H-pyrrole nitrogens is 1. The number of nitrogens with one attached hydrogen (secondary N) is 2. The molecule has 1 heterocycles. The summed E-state index contributed by atoms with van der Waals surface area (Å²) in [6.07, 6.45) is 4.36. The van der Waals surface area contributed by atoms with Gasteiger partial charge in [-0.3, -0.25) is 14.3 Å². The molecule has 0 spiro atoms. The van der Waals surface area contributed by atoms with Crippen LogP contribution in [0.4, 0.5) is 17.2 Å². The molecule has 7 nitrogen and oxygen atoms in total. The Morgan fingerprint density at radius 2 is 1.93 bits per heavy atom. The lowest BCUT2D eigenvalue weighted by atomic mass is 10.1. The van der Waals surface area contributed by atoms with Crippen LogP contribution in [0.5, 0.6) is 0 Å². The smallest absolute Gasteiger partial charge is 0.330 e. The van der Waals surface area contributed by atoms with Crippen LogP contribution in [-0.4, -0.2) is 21.2 Å². The quantitative estimate of drug-likeness (QED) is 0.541. The summed E-state index contributed by atoms with van der Waals surface area (Å²) in [6.45, 7) is 7.16. The van der Waals surface area contributed by atoms with E-state index in [9.17, 15) is 9.59 Å². The van der Waals surface area contributed by atoms with Crippen molar-refractivity contribution < 1.29 is 0 Å². The molecule has 0 bridgehead atoms. The highest BCUT2D eigenvalue weighted by molar-refractivity contribution is 7.80. The number of anilines is 3. The molecule has 0 unspecified atom stereocenters. The van der Waals surface area contributed by atoms with E-state index >= 15 is 0 Å². The summed E-state index contributed by atoms with van der Waals surface area (Å²) in [6, 6.07) is 7.97. The molecular weight excluding hydrogens is 386 g/mol. The normalized spacial score (nSPS) is 10.7. The Labute approximate surface area is 176 Å². The van der Waals surface area contributed by atoms with Crippen LogP contribution in [0.3, 0.4) is 0 Å². The third-order valence-corrected chi connectivity index (χ3v) is 5.11. The highest BCUT2D eigenvalue weighted by atomic mass is 32.1. The third kappa shape index (κ3) is 5.69. The second kappa shape index (κ2) is 10.8. The number of benzene rings is 1. The van der Waals surface area contributed by atoms with Gasteiger partial charge >= 0.3 is 5.69 Å². The number of aryl methyl sites for hydroxylation is 1. The SMILES string of the molecule is CCCCN(C(=S)Nc1cccc(CC)c1)c1c(N)n(CCCC)c(=O)[nH]c1=O. The molecule has 0 aliphatic carbocycles. The van der Waals surface area contributed by atoms with Crippen LogP contribution < -0.4 is 27.2 Å². The van der Waals surface area contributed by atoms with Gasteiger partial charge in [0.15, 0.2) is 10.8 Å². The molecule has 0 atom stereocenters. The lowest BCUT2D eigenvalue weighted by Crippen LogP contribution is -2.43. The summed E-state index contributed by atoms with van der Waals surface area (Å²) in [7, 11) is 0. The fourth-order valence-corrected chi connectivity index (χ4v) is 3.37. The molecule has 2 rings (SSSR count). The molecule has 0 amide bonds. The van der Waals surface area contributed by atoms with Crippen LogP contribution >= 0.6 is 12.2 Å². The van der Waals surface area contributed by atoms with Gasteiger partial charge in [-0.25, -0.2) is 4.79 Å². The lowest BCUT2D eigenvalue weighted by Gasteiger charge is -2.27. The van der Waals surface area contributed by atoms with Gasteiger partial charge in [0, 0.05) is 18.8 Å². The molecule has 0 radical (unpaired) electrons. The van der Waals surface area contributed by atoms with Gasteiger partial charge in [0.05, 0.1) is 0 Å². The number of aromatic nitrogens is 2. The maximum Gasteiger partial charge on any atom is 0.330 e. The van der Waals surface area contributed by atoms with Gasteiger partial charge in [-0.15, -0.1) is 0 Å². The summed E-state index contributed by atoms with van der Waals surface area (Å²) in [4.78, 5) is 29.0. The fourth-order valence-electron chi connectivity index (χ4n) is 3.07. The summed E-state index contributed by atoms with van der Waals surface area (Å²) in [5.41, 5.74) is 7.53. The Balaban J connectivity index is 2.44. The van der Waals surface area contributed by atoms with Crippen molar-refractivity contribution in [3.63, 3.8) is 0 Å². The zero-order valence-electron chi connectivity index (χ0n) is 17.5. The van der Waals surface area contributed by atoms with Gasteiger partial charge in [0.25, 0.3) is 5.56 Å². The highest BCUT2D eigenvalue weighted by Gasteiger charge is 2.22. The lowest BCUT2D eigenvalue weighted by molar-refractivity contribution is 0.604. The van der Waals surface area contributed by atoms with E-state index in [0.717, 1.165) is 37.8 Å². The van der Waals surface area contributed by atoms with E-state index in [4.69, 9.17) is 18.0 Å². The van der Waals surface area contributed by atoms with Crippen molar-refractivity contribution in [2.75, 3.05) is 22.5 Å². The monoisotopic (exact) mass is 417 g/mol. The molecule has 0 aliphatic heterocycles. The van der Waals surface area contributed by atoms with Gasteiger partial charge in [-0.05, 0) is 49.2 Å². The molecule has 158 valence electrons. The summed E-state index contributed by atoms with van der Waals surface area (Å²) in [5.74, 6) is 0.148. The Hall–Kier alpha value is -2.61. The number of nitrogen functional groups attached to an aromatic ring is 1. The Bertz CT molecular complexity index is 951. The van der Waals surface area contributed by atoms with Gasteiger partial charge < -0.3 is 16.0 Å². The zero-order valence-corrected chi connectivity index (χ0v) is 18.3. The van der Waals surface area contributed by atoms with Crippen LogP contribution in [0, 0.1) is 0 Å². The van der Waals surface area contributed by atoms with Crippen LogP contribution in [0.25, 0.3) is 0 Å². The maximum absolute atomic E-state index is 12.7. The van der Waals surface area contributed by atoms with Crippen molar-refractivity contribution in [3.05, 3.63) is 50.7 Å². The number of unbranched alkanes of at least 4 members (excludes halogenated alkanes) is 2. The first kappa shape index (κ1) is 22.7. The van der Waals surface area contributed by atoms with Crippen molar-refractivity contribution in [1.82, 2.24) is 9.55 Å². The van der Waals surface area contributed by atoms with E-state index in [1.165, 1.54) is 10.1 Å². The molecule has 0 aliphatic rings. The molecule has 0 saturated carbocycles. The zero-order chi connectivity index (χ0) is 21.4. The minimum atomic E-state index is -0.525. The molecule has 2 aromatic rings. The van der Waals surface area contributed by atoms with Crippen molar-refractivity contribution in [2.24, 2.45) is 0 Å². The van der Waals surface area contributed by atoms with E-state index in [0.29, 0.717) is 18.2 Å². The van der Waals surface area contributed by atoms with Crippen molar-refractivity contribution in [3.8, 4) is 0 Å². The van der Waals surface area contributed by atoms with Gasteiger partial charge in [-0.2, -0.15) is 0 Å². The number of aromatic amines is 1. The minimum absolute atomic E-state index is 0.148. The van der Waals surface area contributed by atoms with Crippen LogP contribution in [0.15, 0.2) is 33.9 Å². The van der Waals surface area contributed by atoms with E-state index in [-0.39, 0.29) is 11.5 Å².